The highest BCUT2D eigenvalue weighted by Crippen LogP contribution is 1.81. The predicted molar refractivity (Wildman–Crippen MR) is 34.6 cm³/mol. The van der Waals surface area contributed by atoms with Gasteiger partial charge in [-0.15, -0.1) is 12.6 Å². The van der Waals surface area contributed by atoms with Crippen molar-refractivity contribution in [2.24, 2.45) is 0 Å². The van der Waals surface area contributed by atoms with Crippen LogP contribution in [0.1, 0.15) is 6.92 Å². The van der Waals surface area contributed by atoms with Crippen LogP contribution in [0.2, 0.25) is 0 Å². The Kier molecular flexibility index (Phi) is 3.85. The van der Waals surface area contributed by atoms with Crippen LogP contribution in [0.4, 0.5) is 0 Å². The first-order valence-corrected chi connectivity index (χ1v) is 2.80. The maximum Gasteiger partial charge on any atom is 0.218 e. The largest absolute Gasteiger partial charge is 0.294 e. The van der Waals surface area contributed by atoms with Crippen LogP contribution in [0.3, 0.4) is 0 Å². The average molecular weight is 133 g/mol. The van der Waals surface area contributed by atoms with E-state index >= 15 is 0 Å². The molecule has 0 aromatic rings. The van der Waals surface area contributed by atoms with Crippen molar-refractivity contribution in [3.05, 3.63) is 0 Å². The highest BCUT2D eigenvalue weighted by molar-refractivity contribution is 7.96. The third kappa shape index (κ3) is 3.01. The van der Waals surface area contributed by atoms with E-state index in [9.17, 15) is 4.79 Å². The quantitative estimate of drug-likeness (QED) is 0.517. The second-order valence-corrected chi connectivity index (χ2v) is 1.77. The fraction of sp³-hybridized carbons (Fsp3) is 0.750. The number of hydrogen-bond acceptors (Lipinski definition) is 2. The molecule has 1 radical (unpaired) electrons. The van der Waals surface area contributed by atoms with E-state index in [1.807, 2.05) is 6.92 Å². The first-order valence-electron chi connectivity index (χ1n) is 2.35. The van der Waals surface area contributed by atoms with Crippen molar-refractivity contribution in [3.63, 3.8) is 0 Å². The SMILES string of the molecule is CCNC([NH])C(=O)S. The van der Waals surface area contributed by atoms with Gasteiger partial charge in [-0.25, -0.2) is 5.73 Å². The molecule has 8 heavy (non-hydrogen) atoms. The number of likely N-dealkylation sites (N-methyl/N-ethyl adjacent to an activating group) is 1. The normalized spacial score (nSPS) is 13.4. The van der Waals surface area contributed by atoms with Gasteiger partial charge in [0.2, 0.25) is 5.12 Å². The van der Waals surface area contributed by atoms with Gasteiger partial charge in [0.25, 0.3) is 0 Å². The van der Waals surface area contributed by atoms with Crippen LogP contribution in [0, 0.1) is 0 Å². The zero-order valence-corrected chi connectivity index (χ0v) is 5.53. The molecule has 3 nitrogen and oxygen atoms in total. The minimum atomic E-state index is -0.858. The molecular formula is C4H9N2OS. The summed E-state index contributed by atoms with van der Waals surface area (Å²) in [6.07, 6.45) is -0.858. The van der Waals surface area contributed by atoms with Crippen LogP contribution in [0.25, 0.3) is 0 Å². The minimum absolute atomic E-state index is 0.438. The van der Waals surface area contributed by atoms with E-state index in [1.54, 1.807) is 0 Å². The number of carbonyl (C=O) groups excluding carboxylic acids is 1. The third-order valence-corrected chi connectivity index (χ3v) is 0.913. The summed E-state index contributed by atoms with van der Waals surface area (Å²) >= 11 is 3.44. The molecule has 47 valence electrons. The molecule has 0 aliphatic carbocycles. The Labute approximate surface area is 54.0 Å². The molecule has 1 atom stereocenters. The van der Waals surface area contributed by atoms with Gasteiger partial charge in [0, 0.05) is 0 Å². The van der Waals surface area contributed by atoms with E-state index in [0.717, 1.165) is 0 Å². The molecule has 0 bridgehead atoms. The van der Waals surface area contributed by atoms with Crippen LogP contribution >= 0.6 is 12.6 Å². The Balaban J connectivity index is 3.32. The monoisotopic (exact) mass is 133 g/mol. The Morgan fingerprint density at radius 2 is 2.50 bits per heavy atom. The van der Waals surface area contributed by atoms with E-state index in [2.05, 4.69) is 17.9 Å². The molecule has 0 spiro atoms. The zero-order chi connectivity index (χ0) is 6.57. The molecule has 4 heteroatoms. The lowest BCUT2D eigenvalue weighted by atomic mass is 10.5. The van der Waals surface area contributed by atoms with Gasteiger partial charge in [-0.1, -0.05) is 6.92 Å². The van der Waals surface area contributed by atoms with Gasteiger partial charge in [0.15, 0.2) is 0 Å². The van der Waals surface area contributed by atoms with Crippen molar-refractivity contribution in [2.45, 2.75) is 13.1 Å². The highest BCUT2D eigenvalue weighted by Gasteiger charge is 2.05. The zero-order valence-electron chi connectivity index (χ0n) is 4.64. The van der Waals surface area contributed by atoms with Crippen molar-refractivity contribution >= 4 is 17.7 Å². The summed E-state index contributed by atoms with van der Waals surface area (Å²) in [6, 6.07) is 0. The number of thiol groups is 1. The molecule has 0 saturated carbocycles. The average Bonchev–Trinajstić information content (AvgIpc) is 1.67. The van der Waals surface area contributed by atoms with E-state index in [4.69, 9.17) is 5.73 Å². The molecular weight excluding hydrogens is 124 g/mol. The Morgan fingerprint density at radius 1 is 2.00 bits per heavy atom. The first kappa shape index (κ1) is 7.94. The number of hydrogen-bond donors (Lipinski definition) is 2. The van der Waals surface area contributed by atoms with Crippen molar-refractivity contribution < 1.29 is 4.79 Å². The molecule has 0 heterocycles. The summed E-state index contributed by atoms with van der Waals surface area (Å²) in [6.45, 7) is 2.46. The molecule has 0 aliphatic heterocycles. The summed E-state index contributed by atoms with van der Waals surface area (Å²) in [7, 11) is 0. The molecule has 0 saturated heterocycles. The van der Waals surface area contributed by atoms with Gasteiger partial charge in [-0.3, -0.25) is 10.1 Å². The van der Waals surface area contributed by atoms with Gasteiger partial charge in [-0.2, -0.15) is 0 Å². The van der Waals surface area contributed by atoms with Gasteiger partial charge in [-0.05, 0) is 6.54 Å². The lowest BCUT2D eigenvalue weighted by Crippen LogP contribution is -2.35. The number of rotatable bonds is 3. The molecule has 0 aromatic carbocycles. The van der Waals surface area contributed by atoms with Crippen molar-refractivity contribution in [1.82, 2.24) is 11.1 Å². The van der Waals surface area contributed by atoms with Gasteiger partial charge in [0.1, 0.15) is 6.17 Å². The van der Waals surface area contributed by atoms with Gasteiger partial charge >= 0.3 is 0 Å². The molecule has 0 amide bonds. The maximum absolute atomic E-state index is 10.1. The van der Waals surface area contributed by atoms with Gasteiger partial charge in [0.05, 0.1) is 0 Å². The van der Waals surface area contributed by atoms with E-state index < -0.39 is 11.3 Å². The number of carbonyl (C=O) groups is 1. The molecule has 0 aromatic heterocycles. The maximum atomic E-state index is 10.1. The topological polar surface area (TPSA) is 52.9 Å². The van der Waals surface area contributed by atoms with E-state index in [1.165, 1.54) is 0 Å². The van der Waals surface area contributed by atoms with Crippen LogP contribution in [0.15, 0.2) is 0 Å². The summed E-state index contributed by atoms with van der Waals surface area (Å²) in [4.78, 5) is 10.1. The van der Waals surface area contributed by atoms with Crippen LogP contribution in [-0.4, -0.2) is 17.8 Å². The Bertz CT molecular complexity index is 86.1. The Hall–Kier alpha value is -0.0600. The van der Waals surface area contributed by atoms with Crippen LogP contribution in [0.5, 0.6) is 0 Å². The first-order chi connectivity index (χ1) is 3.68. The second kappa shape index (κ2) is 3.88. The number of nitrogens with one attached hydrogen (secondary N) is 2. The minimum Gasteiger partial charge on any atom is -0.294 e. The molecule has 2 N–H and O–H groups in total. The molecule has 0 aliphatic rings. The predicted octanol–water partition coefficient (Wildman–Crippen LogP) is -0.339. The summed E-state index contributed by atoms with van der Waals surface area (Å²) in [5, 5.41) is 2.15. The van der Waals surface area contributed by atoms with Crippen molar-refractivity contribution in [1.29, 1.82) is 0 Å². The Morgan fingerprint density at radius 3 is 2.62 bits per heavy atom. The molecule has 1 unspecified atom stereocenters. The fourth-order valence-electron chi connectivity index (χ4n) is 0.291. The molecule has 0 fully saturated rings. The fourth-order valence-corrected chi connectivity index (χ4v) is 0.383. The summed E-state index contributed by atoms with van der Waals surface area (Å²) in [5.41, 5.74) is 6.89. The smallest absolute Gasteiger partial charge is 0.218 e. The standard InChI is InChI=1S/C4H9N2OS/c1-2-6-3(5)4(7)8/h3,5-6H,2H2,1H3,(H,7,8). The van der Waals surface area contributed by atoms with Crippen molar-refractivity contribution in [2.75, 3.05) is 6.54 Å². The third-order valence-electron chi connectivity index (χ3n) is 0.655. The van der Waals surface area contributed by atoms with Gasteiger partial charge < -0.3 is 0 Å². The summed E-state index contributed by atoms with van der Waals surface area (Å²) < 4.78 is 0. The van der Waals surface area contributed by atoms with Crippen molar-refractivity contribution in [3.8, 4) is 0 Å². The van der Waals surface area contributed by atoms with E-state index in [0.29, 0.717) is 6.54 Å². The summed E-state index contributed by atoms with van der Waals surface area (Å²) in [5.74, 6) is 0. The highest BCUT2D eigenvalue weighted by atomic mass is 32.1. The van der Waals surface area contributed by atoms with Crippen LogP contribution in [-0.2, 0) is 4.79 Å². The lowest BCUT2D eigenvalue weighted by molar-refractivity contribution is -0.112. The van der Waals surface area contributed by atoms with E-state index in [-0.39, 0.29) is 0 Å². The lowest BCUT2D eigenvalue weighted by Gasteiger charge is -2.03. The molecule has 0 rings (SSSR count). The van der Waals surface area contributed by atoms with Crippen LogP contribution < -0.4 is 11.1 Å². The second-order valence-electron chi connectivity index (χ2n) is 1.33.